The Bertz CT molecular complexity index is 1350. The van der Waals surface area contributed by atoms with Crippen molar-refractivity contribution in [2.75, 3.05) is 31.1 Å². The molecule has 0 bridgehead atoms. The van der Waals surface area contributed by atoms with E-state index in [9.17, 15) is 13.2 Å². The second-order valence-electron chi connectivity index (χ2n) is 9.89. The van der Waals surface area contributed by atoms with Crippen molar-refractivity contribution in [3.63, 3.8) is 0 Å². The summed E-state index contributed by atoms with van der Waals surface area (Å²) >= 11 is 0. The lowest BCUT2D eigenvalue weighted by Gasteiger charge is -2.36. The number of aryl methyl sites for hydroxylation is 2. The number of sulfonamides is 1. The Balaban J connectivity index is 1.48. The summed E-state index contributed by atoms with van der Waals surface area (Å²) in [6.07, 6.45) is 1.52. The van der Waals surface area contributed by atoms with Crippen molar-refractivity contribution in [2.45, 2.75) is 58.7 Å². The van der Waals surface area contributed by atoms with Gasteiger partial charge in [0.15, 0.2) is 0 Å². The molecule has 0 atom stereocenters. The van der Waals surface area contributed by atoms with Crippen LogP contribution in [0.2, 0.25) is 0 Å². The van der Waals surface area contributed by atoms with Gasteiger partial charge < -0.3 is 10.2 Å². The van der Waals surface area contributed by atoms with Gasteiger partial charge in [-0.05, 0) is 55.0 Å². The number of nitrogens with one attached hydrogen (secondary N) is 1. The molecule has 0 aliphatic carbocycles. The van der Waals surface area contributed by atoms with E-state index >= 15 is 0 Å². The number of benzene rings is 2. The monoisotopic (exact) mass is 523 g/mol. The molecule has 0 unspecified atom stereocenters. The molecule has 9 heteroatoms. The zero-order valence-electron chi connectivity index (χ0n) is 22.4. The molecule has 2 heterocycles. The van der Waals surface area contributed by atoms with Gasteiger partial charge in [0.2, 0.25) is 5.03 Å². The first-order valence-corrected chi connectivity index (χ1v) is 14.3. The van der Waals surface area contributed by atoms with Gasteiger partial charge in [-0.3, -0.25) is 9.48 Å². The van der Waals surface area contributed by atoms with Crippen molar-refractivity contribution >= 4 is 21.6 Å². The highest BCUT2D eigenvalue weighted by Gasteiger charge is 2.35. The van der Waals surface area contributed by atoms with Gasteiger partial charge in [0, 0.05) is 51.2 Å². The van der Waals surface area contributed by atoms with Crippen LogP contribution in [0.15, 0.2) is 53.7 Å². The Morgan fingerprint density at radius 1 is 1.03 bits per heavy atom. The normalized spacial score (nSPS) is 14.8. The predicted molar refractivity (Wildman–Crippen MR) is 146 cm³/mol. The van der Waals surface area contributed by atoms with Crippen LogP contribution < -0.4 is 10.2 Å². The number of rotatable bonds is 8. The fourth-order valence-corrected chi connectivity index (χ4v) is 6.10. The summed E-state index contributed by atoms with van der Waals surface area (Å²) in [5.41, 5.74) is 5.81. The molecule has 1 aromatic heterocycles. The molecule has 1 aliphatic rings. The van der Waals surface area contributed by atoms with E-state index in [4.69, 9.17) is 0 Å². The third-order valence-corrected chi connectivity index (χ3v) is 8.97. The minimum Gasteiger partial charge on any atom is -0.369 e. The Hall–Kier alpha value is -3.17. The first kappa shape index (κ1) is 26.9. The van der Waals surface area contributed by atoms with Crippen LogP contribution in [-0.2, 0) is 23.1 Å². The van der Waals surface area contributed by atoms with Gasteiger partial charge in [0.25, 0.3) is 15.9 Å². The zero-order valence-corrected chi connectivity index (χ0v) is 23.2. The van der Waals surface area contributed by atoms with Crippen LogP contribution >= 0.6 is 0 Å². The summed E-state index contributed by atoms with van der Waals surface area (Å²) < 4.78 is 30.2. The lowest BCUT2D eigenvalue weighted by Crippen LogP contribution is -2.49. The standard InChI is InChI=1S/C28H37N5O3S/c1-6-32-19-25(27(34)29-18-23-10-12-24(13-11-23)20(2)3)28(30-32)37(35,36)33-16-14-31(15-17-33)26-9-7-8-21(4)22(26)5/h7-13,19-20H,6,14-18H2,1-5H3,(H,29,34). The summed E-state index contributed by atoms with van der Waals surface area (Å²) in [5.74, 6) is -0.0146. The number of hydrogen-bond donors (Lipinski definition) is 1. The molecule has 1 saturated heterocycles. The largest absolute Gasteiger partial charge is 0.369 e. The first-order chi connectivity index (χ1) is 17.6. The molecule has 0 spiro atoms. The topological polar surface area (TPSA) is 87.5 Å². The van der Waals surface area contributed by atoms with Crippen LogP contribution in [-0.4, -0.2) is 54.6 Å². The molecule has 0 radical (unpaired) electrons. The second-order valence-corrected chi connectivity index (χ2v) is 11.7. The van der Waals surface area contributed by atoms with Gasteiger partial charge in [0.1, 0.15) is 0 Å². The number of hydrogen-bond acceptors (Lipinski definition) is 5. The first-order valence-electron chi connectivity index (χ1n) is 12.9. The molecule has 8 nitrogen and oxygen atoms in total. The van der Waals surface area contributed by atoms with Gasteiger partial charge in [0.05, 0.1) is 5.56 Å². The van der Waals surface area contributed by atoms with Crippen molar-refractivity contribution < 1.29 is 13.2 Å². The zero-order chi connectivity index (χ0) is 26.7. The summed E-state index contributed by atoms with van der Waals surface area (Å²) in [6.45, 7) is 12.9. The highest BCUT2D eigenvalue weighted by molar-refractivity contribution is 7.89. The van der Waals surface area contributed by atoms with Crippen LogP contribution in [0, 0.1) is 13.8 Å². The molecular formula is C28H37N5O3S. The maximum Gasteiger partial charge on any atom is 0.263 e. The van der Waals surface area contributed by atoms with Crippen LogP contribution in [0.1, 0.15) is 59.3 Å². The molecular weight excluding hydrogens is 486 g/mol. The minimum atomic E-state index is -3.94. The summed E-state index contributed by atoms with van der Waals surface area (Å²) in [4.78, 5) is 15.3. The Kier molecular flexibility index (Phi) is 8.04. The lowest BCUT2D eigenvalue weighted by atomic mass is 10.0. The van der Waals surface area contributed by atoms with Crippen LogP contribution in [0.25, 0.3) is 0 Å². The quantitative estimate of drug-likeness (QED) is 0.481. The maximum absolute atomic E-state index is 13.6. The van der Waals surface area contributed by atoms with E-state index < -0.39 is 15.9 Å². The molecule has 198 valence electrons. The van der Waals surface area contributed by atoms with Gasteiger partial charge >= 0.3 is 0 Å². The van der Waals surface area contributed by atoms with Crippen molar-refractivity contribution in [2.24, 2.45) is 0 Å². The molecule has 1 aliphatic heterocycles. The van der Waals surface area contributed by atoms with E-state index in [0.717, 1.165) is 11.3 Å². The van der Waals surface area contributed by atoms with E-state index in [1.165, 1.54) is 31.9 Å². The van der Waals surface area contributed by atoms with Gasteiger partial charge in [-0.15, -0.1) is 0 Å². The van der Waals surface area contributed by atoms with Crippen molar-refractivity contribution in [1.29, 1.82) is 0 Å². The molecule has 4 rings (SSSR count). The van der Waals surface area contributed by atoms with Crippen LogP contribution in [0.4, 0.5) is 5.69 Å². The van der Waals surface area contributed by atoms with Crippen molar-refractivity contribution in [1.82, 2.24) is 19.4 Å². The number of nitrogens with zero attached hydrogens (tertiary/aromatic N) is 4. The molecule has 0 saturated carbocycles. The average molecular weight is 524 g/mol. The van der Waals surface area contributed by atoms with Gasteiger partial charge in [-0.2, -0.15) is 9.40 Å². The van der Waals surface area contributed by atoms with E-state index in [1.807, 2.05) is 25.1 Å². The van der Waals surface area contributed by atoms with Crippen molar-refractivity contribution in [3.05, 3.63) is 76.5 Å². The van der Waals surface area contributed by atoms with Gasteiger partial charge in [-0.25, -0.2) is 8.42 Å². The molecule has 1 fully saturated rings. The molecule has 3 aromatic rings. The maximum atomic E-state index is 13.6. The fraction of sp³-hybridized carbons (Fsp3) is 0.429. The van der Waals surface area contributed by atoms with E-state index in [0.29, 0.717) is 45.2 Å². The highest BCUT2D eigenvalue weighted by Crippen LogP contribution is 2.26. The SMILES string of the molecule is CCn1cc(C(=O)NCc2ccc(C(C)C)cc2)c(S(=O)(=O)N2CCN(c3cccc(C)c3C)CC2)n1. The molecule has 1 amide bonds. The average Bonchev–Trinajstić information content (AvgIpc) is 3.35. The number of carbonyl (C=O) groups is 1. The number of amides is 1. The summed E-state index contributed by atoms with van der Waals surface area (Å²) in [7, 11) is -3.94. The number of anilines is 1. The van der Waals surface area contributed by atoms with E-state index in [-0.39, 0.29) is 10.6 Å². The predicted octanol–water partition coefficient (Wildman–Crippen LogP) is 4.08. The Morgan fingerprint density at radius 3 is 2.32 bits per heavy atom. The molecule has 37 heavy (non-hydrogen) atoms. The Labute approximate surface area is 220 Å². The van der Waals surface area contributed by atoms with Gasteiger partial charge in [-0.1, -0.05) is 50.2 Å². The number of piperazine rings is 1. The lowest BCUT2D eigenvalue weighted by molar-refractivity contribution is 0.0947. The smallest absolute Gasteiger partial charge is 0.263 e. The van der Waals surface area contributed by atoms with Crippen LogP contribution in [0.5, 0.6) is 0 Å². The fourth-order valence-electron chi connectivity index (χ4n) is 4.58. The van der Waals surface area contributed by atoms with E-state index in [2.05, 4.69) is 67.3 Å². The number of carbonyl (C=O) groups excluding carboxylic acids is 1. The minimum absolute atomic E-state index is 0.0811. The van der Waals surface area contributed by atoms with Crippen molar-refractivity contribution in [3.8, 4) is 0 Å². The van der Waals surface area contributed by atoms with Crippen LogP contribution in [0.3, 0.4) is 0 Å². The molecule has 2 aromatic carbocycles. The summed E-state index contributed by atoms with van der Waals surface area (Å²) in [6, 6.07) is 14.3. The molecule has 1 N–H and O–H groups in total. The van der Waals surface area contributed by atoms with E-state index in [1.54, 1.807) is 0 Å². The third-order valence-electron chi connectivity index (χ3n) is 7.14. The second kappa shape index (κ2) is 11.1. The third kappa shape index (κ3) is 5.72. The Morgan fingerprint density at radius 2 is 1.70 bits per heavy atom. The number of aromatic nitrogens is 2. The summed E-state index contributed by atoms with van der Waals surface area (Å²) in [5, 5.41) is 6.99. The highest BCUT2D eigenvalue weighted by atomic mass is 32.2.